The van der Waals surface area contributed by atoms with Gasteiger partial charge in [0.1, 0.15) is 0 Å². The van der Waals surface area contributed by atoms with Crippen molar-refractivity contribution < 1.29 is 22.5 Å². The number of carboxylic acid groups (broad SMARTS) is 1. The lowest BCUT2D eigenvalue weighted by atomic mass is 10.2. The first kappa shape index (κ1) is 12.7. The quantitative estimate of drug-likeness (QED) is 0.786. The fourth-order valence-electron chi connectivity index (χ4n) is 1.01. The number of aryl methyl sites for hydroxylation is 1. The predicted octanol–water partition coefficient (Wildman–Crippen LogP) is 1.18. The van der Waals surface area contributed by atoms with Crippen LogP contribution in [0.3, 0.4) is 0 Å². The summed E-state index contributed by atoms with van der Waals surface area (Å²) >= 11 is 0. The molecule has 0 radical (unpaired) electrons. The van der Waals surface area contributed by atoms with Crippen LogP contribution < -0.4 is 0 Å². The molecule has 0 fully saturated rings. The topological polar surface area (TPSA) is 80.7 Å². The van der Waals surface area contributed by atoms with E-state index >= 15 is 0 Å². The smallest absolute Gasteiger partial charge is 0.305 e. The van der Waals surface area contributed by atoms with E-state index in [0.717, 1.165) is 5.56 Å². The minimum Gasteiger partial charge on any atom is -0.481 e. The molecule has 1 aromatic rings. The van der Waals surface area contributed by atoms with Crippen molar-refractivity contribution >= 4 is 16.1 Å². The van der Waals surface area contributed by atoms with Crippen LogP contribution in [0.5, 0.6) is 0 Å². The monoisotopic (exact) mass is 244 g/mol. The molecule has 1 aromatic carbocycles. The molecule has 0 saturated heterocycles. The zero-order chi connectivity index (χ0) is 12.2. The molecule has 0 aliphatic rings. The van der Waals surface area contributed by atoms with Crippen LogP contribution in [0.25, 0.3) is 0 Å². The summed E-state index contributed by atoms with van der Waals surface area (Å²) in [6.45, 7) is 1.48. The molecule has 1 rings (SSSR count). The fourth-order valence-corrected chi connectivity index (χ4v) is 1.92. The van der Waals surface area contributed by atoms with Crippen LogP contribution in [0.1, 0.15) is 12.0 Å². The van der Waals surface area contributed by atoms with Crippen molar-refractivity contribution in [2.45, 2.75) is 18.2 Å². The maximum Gasteiger partial charge on any atom is 0.305 e. The minimum atomic E-state index is -3.84. The third kappa shape index (κ3) is 3.63. The Bertz CT molecular complexity index is 460. The molecule has 0 atom stereocenters. The van der Waals surface area contributed by atoms with E-state index in [1.807, 2.05) is 6.92 Å². The van der Waals surface area contributed by atoms with Gasteiger partial charge in [-0.25, -0.2) is 0 Å². The molecule has 0 spiro atoms. The van der Waals surface area contributed by atoms with Crippen molar-refractivity contribution in [1.82, 2.24) is 0 Å². The molecule has 0 aliphatic heterocycles. The highest BCUT2D eigenvalue weighted by atomic mass is 32.2. The lowest BCUT2D eigenvalue weighted by Gasteiger charge is -2.04. The highest BCUT2D eigenvalue weighted by molar-refractivity contribution is 7.86. The third-order valence-corrected chi connectivity index (χ3v) is 3.19. The van der Waals surface area contributed by atoms with Crippen molar-refractivity contribution in [2.24, 2.45) is 0 Å². The Hall–Kier alpha value is -1.40. The zero-order valence-electron chi connectivity index (χ0n) is 8.71. The van der Waals surface area contributed by atoms with Crippen molar-refractivity contribution in [3.63, 3.8) is 0 Å². The molecule has 0 unspecified atom stereocenters. The Morgan fingerprint density at radius 3 is 2.38 bits per heavy atom. The van der Waals surface area contributed by atoms with E-state index in [1.165, 1.54) is 12.1 Å². The van der Waals surface area contributed by atoms with Gasteiger partial charge in [-0.1, -0.05) is 17.7 Å². The molecule has 5 nitrogen and oxygen atoms in total. The van der Waals surface area contributed by atoms with Crippen molar-refractivity contribution in [3.05, 3.63) is 29.8 Å². The second-order valence-electron chi connectivity index (χ2n) is 3.23. The van der Waals surface area contributed by atoms with Gasteiger partial charge in [0, 0.05) is 0 Å². The summed E-state index contributed by atoms with van der Waals surface area (Å²) in [5.41, 5.74) is 0.935. The Labute approximate surface area is 93.8 Å². The van der Waals surface area contributed by atoms with Crippen molar-refractivity contribution in [1.29, 1.82) is 0 Å². The first-order chi connectivity index (χ1) is 7.42. The number of carbonyl (C=O) groups is 1. The summed E-state index contributed by atoms with van der Waals surface area (Å²) in [6, 6.07) is 6.14. The van der Waals surface area contributed by atoms with Gasteiger partial charge in [-0.3, -0.25) is 8.98 Å². The zero-order valence-corrected chi connectivity index (χ0v) is 9.53. The molecule has 0 aromatic heterocycles. The summed E-state index contributed by atoms with van der Waals surface area (Å²) in [7, 11) is -3.84. The van der Waals surface area contributed by atoms with Gasteiger partial charge in [0.25, 0.3) is 10.1 Å². The molecular formula is C10H12O5S. The SMILES string of the molecule is Cc1ccc(S(=O)(=O)OCCC(=O)O)cc1. The Morgan fingerprint density at radius 1 is 1.31 bits per heavy atom. The van der Waals surface area contributed by atoms with Crippen LogP contribution in [-0.4, -0.2) is 26.1 Å². The van der Waals surface area contributed by atoms with Gasteiger partial charge >= 0.3 is 5.97 Å². The second-order valence-corrected chi connectivity index (χ2v) is 4.85. The molecule has 0 bridgehead atoms. The lowest BCUT2D eigenvalue weighted by molar-refractivity contribution is -0.137. The summed E-state index contributed by atoms with van der Waals surface area (Å²) in [5, 5.41) is 8.34. The van der Waals surface area contributed by atoms with Crippen LogP contribution in [0.2, 0.25) is 0 Å². The molecule has 0 aliphatic carbocycles. The summed E-state index contributed by atoms with van der Waals surface area (Å²) < 4.78 is 27.6. The number of hydrogen-bond acceptors (Lipinski definition) is 4. The molecule has 0 saturated carbocycles. The van der Waals surface area contributed by atoms with Crippen LogP contribution >= 0.6 is 0 Å². The second kappa shape index (κ2) is 5.09. The van der Waals surface area contributed by atoms with Crippen molar-refractivity contribution in [3.8, 4) is 0 Å². The van der Waals surface area contributed by atoms with Gasteiger partial charge in [-0.15, -0.1) is 0 Å². The van der Waals surface area contributed by atoms with Gasteiger partial charge in [-0.05, 0) is 19.1 Å². The van der Waals surface area contributed by atoms with E-state index < -0.39 is 16.1 Å². The molecule has 1 N–H and O–H groups in total. The number of hydrogen-bond donors (Lipinski definition) is 1. The molecule has 0 heterocycles. The lowest BCUT2D eigenvalue weighted by Crippen LogP contribution is -2.10. The molecule has 6 heteroatoms. The summed E-state index contributed by atoms with van der Waals surface area (Å²) in [6.07, 6.45) is -0.342. The first-order valence-electron chi connectivity index (χ1n) is 4.60. The molecule has 0 amide bonds. The molecule has 88 valence electrons. The highest BCUT2D eigenvalue weighted by Gasteiger charge is 2.14. The van der Waals surface area contributed by atoms with Crippen molar-refractivity contribution in [2.75, 3.05) is 6.61 Å². The van der Waals surface area contributed by atoms with Gasteiger partial charge in [0.2, 0.25) is 0 Å². The minimum absolute atomic E-state index is 0.0310. The number of aliphatic carboxylic acids is 1. The van der Waals surface area contributed by atoms with E-state index in [0.29, 0.717) is 0 Å². The van der Waals surface area contributed by atoms with E-state index in [2.05, 4.69) is 4.18 Å². The first-order valence-corrected chi connectivity index (χ1v) is 6.00. The Kier molecular flexibility index (Phi) is 4.03. The fraction of sp³-hybridized carbons (Fsp3) is 0.300. The highest BCUT2D eigenvalue weighted by Crippen LogP contribution is 2.13. The van der Waals surface area contributed by atoms with Gasteiger partial charge < -0.3 is 5.11 Å². The van der Waals surface area contributed by atoms with Gasteiger partial charge in [0.15, 0.2) is 0 Å². The van der Waals surface area contributed by atoms with Gasteiger partial charge in [-0.2, -0.15) is 8.42 Å². The van der Waals surface area contributed by atoms with Crippen LogP contribution in [0.15, 0.2) is 29.2 Å². The van der Waals surface area contributed by atoms with E-state index in [9.17, 15) is 13.2 Å². The van der Waals surface area contributed by atoms with E-state index in [1.54, 1.807) is 12.1 Å². The number of carboxylic acids is 1. The molecular weight excluding hydrogens is 232 g/mol. The van der Waals surface area contributed by atoms with Crippen LogP contribution in [0, 0.1) is 6.92 Å². The number of rotatable bonds is 5. The normalized spacial score (nSPS) is 11.3. The number of benzene rings is 1. The van der Waals surface area contributed by atoms with Crippen LogP contribution in [-0.2, 0) is 19.1 Å². The summed E-state index contributed by atoms with van der Waals surface area (Å²) in [5.74, 6) is -1.10. The Balaban J connectivity index is 2.71. The van der Waals surface area contributed by atoms with E-state index in [-0.39, 0.29) is 17.9 Å². The average Bonchev–Trinajstić information content (AvgIpc) is 2.17. The standard InChI is InChI=1S/C10H12O5S/c1-8-2-4-9(5-3-8)16(13,14)15-7-6-10(11)12/h2-5H,6-7H2,1H3,(H,11,12). The summed E-state index contributed by atoms with van der Waals surface area (Å²) in [4.78, 5) is 10.2. The van der Waals surface area contributed by atoms with Crippen LogP contribution in [0.4, 0.5) is 0 Å². The largest absolute Gasteiger partial charge is 0.481 e. The maximum absolute atomic E-state index is 11.5. The van der Waals surface area contributed by atoms with E-state index in [4.69, 9.17) is 5.11 Å². The molecule has 16 heavy (non-hydrogen) atoms. The van der Waals surface area contributed by atoms with Gasteiger partial charge in [0.05, 0.1) is 17.9 Å². The average molecular weight is 244 g/mol. The Morgan fingerprint density at radius 2 is 1.88 bits per heavy atom. The predicted molar refractivity (Wildman–Crippen MR) is 56.6 cm³/mol. The third-order valence-electron chi connectivity index (χ3n) is 1.86. The maximum atomic E-state index is 11.5.